The van der Waals surface area contributed by atoms with E-state index in [1.807, 2.05) is 19.9 Å². The summed E-state index contributed by atoms with van der Waals surface area (Å²) in [7, 11) is 0. The van der Waals surface area contributed by atoms with Gasteiger partial charge in [0.2, 0.25) is 5.91 Å². The number of carbonyl (C=O) groups excluding carboxylic acids is 2. The van der Waals surface area contributed by atoms with Crippen molar-refractivity contribution in [1.29, 1.82) is 0 Å². The van der Waals surface area contributed by atoms with Gasteiger partial charge in [-0.05, 0) is 51.3 Å². The van der Waals surface area contributed by atoms with Crippen molar-refractivity contribution in [3.63, 3.8) is 0 Å². The van der Waals surface area contributed by atoms with E-state index in [1.165, 1.54) is 11.1 Å². The second kappa shape index (κ2) is 8.58. The molecule has 0 saturated carbocycles. The fourth-order valence-electron chi connectivity index (χ4n) is 3.80. The Balaban J connectivity index is 1.48. The molecule has 0 saturated heterocycles. The zero-order chi connectivity index (χ0) is 20.3. The number of benzene rings is 1. The van der Waals surface area contributed by atoms with Crippen LogP contribution in [0.2, 0.25) is 0 Å². The minimum Gasteiger partial charge on any atom is -0.354 e. The maximum atomic E-state index is 12.4. The summed E-state index contributed by atoms with van der Waals surface area (Å²) in [6.07, 6.45) is 1.55. The molecule has 4 nitrogen and oxygen atoms in total. The number of rotatable bonds is 7. The molecule has 1 N–H and O–H groups in total. The number of hydrogen-bond donors (Lipinski definition) is 1. The summed E-state index contributed by atoms with van der Waals surface area (Å²) in [5.41, 5.74) is 3.44. The summed E-state index contributed by atoms with van der Waals surface area (Å²) < 4.78 is 0. The maximum Gasteiger partial charge on any atom is 0.220 e. The van der Waals surface area contributed by atoms with Crippen molar-refractivity contribution in [2.45, 2.75) is 59.0 Å². The number of aryl methyl sites for hydroxylation is 2. The number of nitrogens with one attached hydrogen (secondary N) is 1. The molecule has 1 aliphatic heterocycles. The molecular weight excluding hydrogens is 368 g/mol. The van der Waals surface area contributed by atoms with Crippen molar-refractivity contribution in [2.75, 3.05) is 13.1 Å². The second-order valence-electron chi connectivity index (χ2n) is 8.28. The first-order valence-electron chi connectivity index (χ1n) is 9.95. The molecule has 3 rings (SSSR count). The van der Waals surface area contributed by atoms with Crippen LogP contribution in [-0.2, 0) is 17.8 Å². The van der Waals surface area contributed by atoms with Crippen molar-refractivity contribution >= 4 is 23.0 Å². The zero-order valence-corrected chi connectivity index (χ0v) is 18.1. The first-order chi connectivity index (χ1) is 13.3. The fourth-order valence-corrected chi connectivity index (χ4v) is 4.74. The number of amides is 1. The van der Waals surface area contributed by atoms with Gasteiger partial charge in [-0.15, -0.1) is 11.3 Å². The monoisotopic (exact) mass is 398 g/mol. The highest BCUT2D eigenvalue weighted by Crippen LogP contribution is 2.25. The topological polar surface area (TPSA) is 49.4 Å². The highest BCUT2D eigenvalue weighted by atomic mass is 32.1. The minimum absolute atomic E-state index is 0.0524. The van der Waals surface area contributed by atoms with Gasteiger partial charge in [0.25, 0.3) is 0 Å². The van der Waals surface area contributed by atoms with Gasteiger partial charge in [0.15, 0.2) is 5.78 Å². The molecule has 1 amide bonds. The van der Waals surface area contributed by atoms with Gasteiger partial charge in [0.1, 0.15) is 0 Å². The Bertz CT molecular complexity index is 869. The second-order valence-corrected chi connectivity index (χ2v) is 9.74. The van der Waals surface area contributed by atoms with Gasteiger partial charge in [-0.2, -0.15) is 0 Å². The summed E-state index contributed by atoms with van der Waals surface area (Å²) in [6.45, 7) is 10.8. The van der Waals surface area contributed by atoms with E-state index < -0.39 is 0 Å². The third kappa shape index (κ3) is 4.89. The van der Waals surface area contributed by atoms with Crippen LogP contribution in [-0.4, -0.2) is 35.2 Å². The molecule has 0 aliphatic carbocycles. The Morgan fingerprint density at radius 3 is 2.54 bits per heavy atom. The quantitative estimate of drug-likeness (QED) is 0.708. The lowest BCUT2D eigenvalue weighted by Gasteiger charge is -2.41. The number of Topliss-reactive ketones (excluding diaryl/α,β-unsaturated/α-hetero) is 1. The van der Waals surface area contributed by atoms with E-state index >= 15 is 0 Å². The van der Waals surface area contributed by atoms with E-state index in [0.717, 1.165) is 34.8 Å². The van der Waals surface area contributed by atoms with Crippen LogP contribution >= 0.6 is 11.3 Å². The molecule has 28 heavy (non-hydrogen) atoms. The number of fused-ring (bicyclic) bond motifs is 1. The average molecular weight is 399 g/mol. The van der Waals surface area contributed by atoms with Gasteiger partial charge >= 0.3 is 0 Å². The van der Waals surface area contributed by atoms with E-state index in [2.05, 4.69) is 48.3 Å². The Kier molecular flexibility index (Phi) is 6.36. The molecule has 0 radical (unpaired) electrons. The SMILES string of the molecule is Cc1cc(C(=O)CCC(=O)NCC(C)(C)N2CCc3ccccc3C2)c(C)s1. The standard InChI is InChI=1S/C23H30N2O2S/c1-16-13-20(17(2)28-16)21(26)9-10-22(27)24-15-23(3,4)25-12-11-18-7-5-6-8-19(18)14-25/h5-8,13H,9-12,14-15H2,1-4H3,(H,24,27). The first-order valence-corrected chi connectivity index (χ1v) is 10.8. The number of nitrogens with zero attached hydrogens (tertiary/aromatic N) is 1. The lowest BCUT2D eigenvalue weighted by atomic mass is 9.94. The molecule has 0 atom stereocenters. The molecule has 1 aromatic carbocycles. The summed E-state index contributed by atoms with van der Waals surface area (Å²) in [5, 5.41) is 3.04. The Hall–Kier alpha value is -1.98. The predicted octanol–water partition coefficient (Wildman–Crippen LogP) is 4.28. The number of hydrogen-bond acceptors (Lipinski definition) is 4. The van der Waals surface area contributed by atoms with Gasteiger partial charge in [-0.3, -0.25) is 14.5 Å². The van der Waals surface area contributed by atoms with Crippen LogP contribution in [0.25, 0.3) is 0 Å². The maximum absolute atomic E-state index is 12.4. The highest BCUT2D eigenvalue weighted by Gasteiger charge is 2.30. The Morgan fingerprint density at radius 2 is 1.86 bits per heavy atom. The zero-order valence-electron chi connectivity index (χ0n) is 17.3. The van der Waals surface area contributed by atoms with E-state index in [-0.39, 0.29) is 30.1 Å². The predicted molar refractivity (Wildman–Crippen MR) is 115 cm³/mol. The number of thiophene rings is 1. The summed E-state index contributed by atoms with van der Waals surface area (Å²) in [6, 6.07) is 10.5. The van der Waals surface area contributed by atoms with Crippen molar-refractivity contribution in [3.05, 3.63) is 56.8 Å². The molecule has 0 unspecified atom stereocenters. The van der Waals surface area contributed by atoms with Crippen molar-refractivity contribution < 1.29 is 9.59 Å². The lowest BCUT2D eigenvalue weighted by molar-refractivity contribution is -0.121. The van der Waals surface area contributed by atoms with Gasteiger partial charge in [0, 0.05) is 53.3 Å². The summed E-state index contributed by atoms with van der Waals surface area (Å²) >= 11 is 1.63. The molecule has 150 valence electrons. The molecule has 0 bridgehead atoms. The minimum atomic E-state index is -0.131. The molecule has 1 aliphatic rings. The van der Waals surface area contributed by atoms with Crippen LogP contribution in [0.15, 0.2) is 30.3 Å². The molecule has 0 spiro atoms. The third-order valence-corrected chi connectivity index (χ3v) is 6.59. The molecular formula is C23H30N2O2S. The van der Waals surface area contributed by atoms with Crippen molar-refractivity contribution in [3.8, 4) is 0 Å². The third-order valence-electron chi connectivity index (χ3n) is 5.63. The molecule has 2 heterocycles. The highest BCUT2D eigenvalue weighted by molar-refractivity contribution is 7.12. The van der Waals surface area contributed by atoms with Crippen molar-refractivity contribution in [2.24, 2.45) is 0 Å². The number of ketones is 1. The number of carbonyl (C=O) groups is 2. The van der Waals surface area contributed by atoms with Crippen LogP contribution < -0.4 is 5.32 Å². The van der Waals surface area contributed by atoms with Crippen LogP contribution in [0.4, 0.5) is 0 Å². The van der Waals surface area contributed by atoms with E-state index in [1.54, 1.807) is 11.3 Å². The van der Waals surface area contributed by atoms with Gasteiger partial charge < -0.3 is 5.32 Å². The van der Waals surface area contributed by atoms with E-state index in [0.29, 0.717) is 6.54 Å². The van der Waals surface area contributed by atoms with Gasteiger partial charge in [-0.25, -0.2) is 0 Å². The molecule has 1 aromatic heterocycles. The van der Waals surface area contributed by atoms with Crippen LogP contribution in [0.5, 0.6) is 0 Å². The van der Waals surface area contributed by atoms with Crippen molar-refractivity contribution in [1.82, 2.24) is 10.2 Å². The first kappa shape index (κ1) is 20.7. The smallest absolute Gasteiger partial charge is 0.220 e. The van der Waals surface area contributed by atoms with Crippen LogP contribution in [0.3, 0.4) is 0 Å². The van der Waals surface area contributed by atoms with E-state index in [4.69, 9.17) is 0 Å². The van der Waals surface area contributed by atoms with E-state index in [9.17, 15) is 9.59 Å². The van der Waals surface area contributed by atoms with Gasteiger partial charge in [0.05, 0.1) is 0 Å². The fraction of sp³-hybridized carbons (Fsp3) is 0.478. The van der Waals surface area contributed by atoms with Crippen LogP contribution in [0, 0.1) is 13.8 Å². The Labute approximate surface area is 172 Å². The van der Waals surface area contributed by atoms with Gasteiger partial charge in [-0.1, -0.05) is 24.3 Å². The molecule has 0 fully saturated rings. The lowest BCUT2D eigenvalue weighted by Crippen LogP contribution is -2.53. The largest absolute Gasteiger partial charge is 0.354 e. The summed E-state index contributed by atoms with van der Waals surface area (Å²) in [5.74, 6) is 0.00679. The molecule has 2 aromatic rings. The Morgan fingerprint density at radius 1 is 1.14 bits per heavy atom. The normalized spacial score (nSPS) is 14.6. The molecule has 5 heteroatoms. The van der Waals surface area contributed by atoms with Crippen LogP contribution in [0.1, 0.15) is 57.9 Å². The summed E-state index contributed by atoms with van der Waals surface area (Å²) in [4.78, 5) is 29.3. The average Bonchev–Trinajstić information content (AvgIpc) is 3.02.